The fourth-order valence-corrected chi connectivity index (χ4v) is 4.91. The van der Waals surface area contributed by atoms with Gasteiger partial charge in [0.15, 0.2) is 11.6 Å². The Morgan fingerprint density at radius 2 is 1.86 bits per heavy atom. The number of nitrogens with zero attached hydrogens (tertiary/aromatic N) is 5. The van der Waals surface area contributed by atoms with E-state index < -0.39 is 28.8 Å². The topological polar surface area (TPSA) is 94.3 Å². The van der Waals surface area contributed by atoms with Crippen LogP contribution in [0.1, 0.15) is 29.9 Å². The number of halogens is 2. The van der Waals surface area contributed by atoms with E-state index in [0.29, 0.717) is 29.5 Å². The van der Waals surface area contributed by atoms with Gasteiger partial charge in [0.25, 0.3) is 11.5 Å². The zero-order valence-electron chi connectivity index (χ0n) is 20.0. The molecule has 2 aliphatic rings. The third-order valence-corrected chi connectivity index (χ3v) is 6.89. The molecule has 6 rings (SSSR count). The van der Waals surface area contributed by atoms with Gasteiger partial charge in [-0.05, 0) is 42.7 Å². The summed E-state index contributed by atoms with van der Waals surface area (Å²) >= 11 is 0. The molecule has 11 heteroatoms. The van der Waals surface area contributed by atoms with Crippen LogP contribution >= 0.6 is 0 Å². The number of nitrogens with one attached hydrogen (secondary N) is 1. The minimum absolute atomic E-state index is 0.162. The van der Waals surface area contributed by atoms with Crippen LogP contribution in [-0.4, -0.2) is 51.8 Å². The Bertz CT molecular complexity index is 1560. The highest BCUT2D eigenvalue weighted by atomic mass is 19.1. The molecule has 0 unspecified atom stereocenters. The number of para-hydroxylation sites is 1. The molecule has 4 heterocycles. The number of fused-ring (bicyclic) bond motifs is 1. The Labute approximate surface area is 210 Å². The molecule has 9 nitrogen and oxygen atoms in total. The van der Waals surface area contributed by atoms with Crippen LogP contribution in [0.15, 0.2) is 53.5 Å². The minimum Gasteiger partial charge on any atom is -0.377 e. The van der Waals surface area contributed by atoms with Gasteiger partial charge < -0.3 is 15.0 Å². The van der Waals surface area contributed by atoms with E-state index in [1.54, 1.807) is 6.20 Å². The Morgan fingerprint density at radius 3 is 2.54 bits per heavy atom. The van der Waals surface area contributed by atoms with Crippen molar-refractivity contribution in [2.24, 2.45) is 5.92 Å². The standard InChI is InChI=1S/C26H24F2N6O3/c1-15-9-10-32(12-15)24-17-11-29-33(16-13-37-14-16)22(17)7-5-20(24)30-26(36)21-6-8-23(35)34(31-21)25-18(27)3-2-4-19(25)28/h2-8,11,15-16H,9-10,12-14H2,1H3,(H,30,36)/t15-/m0/s1. The quantitative estimate of drug-likeness (QED) is 0.445. The molecular weight excluding hydrogens is 482 g/mol. The molecule has 2 fully saturated rings. The maximum absolute atomic E-state index is 14.3. The van der Waals surface area contributed by atoms with Gasteiger partial charge in [0, 0.05) is 24.5 Å². The second-order valence-electron chi connectivity index (χ2n) is 9.51. The van der Waals surface area contributed by atoms with Crippen molar-refractivity contribution in [1.82, 2.24) is 19.6 Å². The second kappa shape index (κ2) is 9.07. The first kappa shape index (κ1) is 23.3. The zero-order valence-corrected chi connectivity index (χ0v) is 20.0. The number of carbonyl (C=O) groups is 1. The molecule has 2 saturated heterocycles. The first-order chi connectivity index (χ1) is 17.9. The van der Waals surface area contributed by atoms with Crippen molar-refractivity contribution in [2.45, 2.75) is 19.4 Å². The van der Waals surface area contributed by atoms with Crippen LogP contribution in [0.5, 0.6) is 0 Å². The highest BCUT2D eigenvalue weighted by Crippen LogP contribution is 2.39. The highest BCUT2D eigenvalue weighted by Gasteiger charge is 2.28. The number of benzene rings is 2. The molecule has 0 aliphatic carbocycles. The van der Waals surface area contributed by atoms with Crippen LogP contribution in [0.25, 0.3) is 16.6 Å². The number of carbonyl (C=O) groups excluding carboxylic acids is 1. The molecule has 1 N–H and O–H groups in total. The van der Waals surface area contributed by atoms with Gasteiger partial charge in [-0.2, -0.15) is 14.9 Å². The second-order valence-corrected chi connectivity index (χ2v) is 9.51. The minimum atomic E-state index is -0.961. The highest BCUT2D eigenvalue weighted by molar-refractivity contribution is 6.08. The Kier molecular flexibility index (Phi) is 5.71. The first-order valence-corrected chi connectivity index (χ1v) is 12.1. The molecule has 190 valence electrons. The predicted octanol–water partition coefficient (Wildman–Crippen LogP) is 3.53. The van der Waals surface area contributed by atoms with Crippen molar-refractivity contribution in [3.8, 4) is 5.69 Å². The van der Waals surface area contributed by atoms with Crippen LogP contribution in [-0.2, 0) is 4.74 Å². The van der Waals surface area contributed by atoms with E-state index in [0.717, 1.165) is 54.3 Å². The molecule has 1 amide bonds. The summed E-state index contributed by atoms with van der Waals surface area (Å²) in [6.45, 7) is 5.05. The number of aromatic nitrogens is 4. The van der Waals surface area contributed by atoms with E-state index in [-0.39, 0.29) is 11.7 Å². The van der Waals surface area contributed by atoms with Crippen LogP contribution < -0.4 is 15.8 Å². The molecule has 37 heavy (non-hydrogen) atoms. The summed E-state index contributed by atoms with van der Waals surface area (Å²) in [5.74, 6) is -2.04. The van der Waals surface area contributed by atoms with E-state index >= 15 is 0 Å². The summed E-state index contributed by atoms with van der Waals surface area (Å²) < 4.78 is 36.5. The lowest BCUT2D eigenvalue weighted by molar-refractivity contribution is -0.0266. The first-order valence-electron chi connectivity index (χ1n) is 12.1. The number of rotatable bonds is 5. The predicted molar refractivity (Wildman–Crippen MR) is 133 cm³/mol. The average Bonchev–Trinajstić information content (AvgIpc) is 3.45. The monoisotopic (exact) mass is 506 g/mol. The van der Waals surface area contributed by atoms with Gasteiger partial charge in [-0.25, -0.2) is 8.78 Å². The lowest BCUT2D eigenvalue weighted by Gasteiger charge is -2.27. The van der Waals surface area contributed by atoms with E-state index in [2.05, 4.69) is 27.3 Å². The van der Waals surface area contributed by atoms with Crippen molar-refractivity contribution in [2.75, 3.05) is 36.5 Å². The van der Waals surface area contributed by atoms with E-state index in [9.17, 15) is 18.4 Å². The molecule has 2 aromatic carbocycles. The summed E-state index contributed by atoms with van der Waals surface area (Å²) in [4.78, 5) is 27.9. The smallest absolute Gasteiger partial charge is 0.276 e. The van der Waals surface area contributed by atoms with Crippen molar-refractivity contribution in [3.63, 3.8) is 0 Å². The van der Waals surface area contributed by atoms with Crippen molar-refractivity contribution >= 4 is 28.2 Å². The Hall–Kier alpha value is -4.12. The van der Waals surface area contributed by atoms with E-state index in [1.165, 1.54) is 12.1 Å². The summed E-state index contributed by atoms with van der Waals surface area (Å²) in [6, 6.07) is 9.43. The summed E-state index contributed by atoms with van der Waals surface area (Å²) in [5.41, 5.74) is 0.805. The fraction of sp³-hybridized carbons (Fsp3) is 0.308. The average molecular weight is 507 g/mol. The number of amides is 1. The van der Waals surface area contributed by atoms with E-state index in [1.807, 2.05) is 16.8 Å². The largest absolute Gasteiger partial charge is 0.377 e. The Morgan fingerprint density at radius 1 is 1.08 bits per heavy atom. The number of ether oxygens (including phenoxy) is 1. The van der Waals surface area contributed by atoms with Crippen molar-refractivity contribution < 1.29 is 18.3 Å². The van der Waals surface area contributed by atoms with Crippen LogP contribution in [0.3, 0.4) is 0 Å². The summed E-state index contributed by atoms with van der Waals surface area (Å²) in [7, 11) is 0. The fourth-order valence-electron chi connectivity index (χ4n) is 4.91. The van der Waals surface area contributed by atoms with Gasteiger partial charge in [0.2, 0.25) is 0 Å². The SMILES string of the molecule is C[C@H]1CCN(c2c(NC(=O)c3ccc(=O)n(-c4c(F)cccc4F)n3)ccc3c2cnn3C2COC2)C1. The molecule has 0 radical (unpaired) electrons. The van der Waals surface area contributed by atoms with Crippen molar-refractivity contribution in [3.05, 3.63) is 76.3 Å². The maximum atomic E-state index is 14.3. The lowest BCUT2D eigenvalue weighted by Crippen LogP contribution is -2.31. The molecule has 2 aromatic heterocycles. The van der Waals surface area contributed by atoms with Gasteiger partial charge in [-0.3, -0.25) is 14.3 Å². The summed E-state index contributed by atoms with van der Waals surface area (Å²) in [5, 5.41) is 12.4. The third-order valence-electron chi connectivity index (χ3n) is 6.89. The van der Waals surface area contributed by atoms with Crippen LogP contribution in [0.2, 0.25) is 0 Å². The third kappa shape index (κ3) is 4.05. The van der Waals surface area contributed by atoms with E-state index in [4.69, 9.17) is 4.74 Å². The van der Waals surface area contributed by atoms with Gasteiger partial charge in [-0.1, -0.05) is 13.0 Å². The molecule has 1 atom stereocenters. The van der Waals surface area contributed by atoms with Crippen LogP contribution in [0, 0.1) is 17.6 Å². The summed E-state index contributed by atoms with van der Waals surface area (Å²) in [6.07, 6.45) is 2.83. The number of hydrogen-bond acceptors (Lipinski definition) is 6. The lowest BCUT2D eigenvalue weighted by atomic mass is 10.1. The zero-order chi connectivity index (χ0) is 25.7. The molecule has 0 saturated carbocycles. The number of anilines is 2. The van der Waals surface area contributed by atoms with Crippen LogP contribution in [0.4, 0.5) is 20.2 Å². The molecular formula is C26H24F2N6O3. The van der Waals surface area contributed by atoms with Gasteiger partial charge in [0.1, 0.15) is 11.4 Å². The normalized spacial score (nSPS) is 17.8. The van der Waals surface area contributed by atoms with Gasteiger partial charge in [-0.15, -0.1) is 0 Å². The maximum Gasteiger partial charge on any atom is 0.276 e. The van der Waals surface area contributed by atoms with Gasteiger partial charge in [0.05, 0.1) is 42.3 Å². The molecule has 0 spiro atoms. The Balaban J connectivity index is 1.39. The van der Waals surface area contributed by atoms with Gasteiger partial charge >= 0.3 is 0 Å². The molecule has 4 aromatic rings. The van der Waals surface area contributed by atoms with Crippen molar-refractivity contribution in [1.29, 1.82) is 0 Å². The molecule has 2 aliphatic heterocycles. The molecule has 0 bridgehead atoms. The number of hydrogen-bond donors (Lipinski definition) is 1.